The zero-order valence-corrected chi connectivity index (χ0v) is 14.5. The van der Waals surface area contributed by atoms with Crippen LogP contribution in [0.4, 0.5) is 4.39 Å². The Bertz CT molecular complexity index is 259. The normalized spacial score (nSPS) is 35.6. The quantitative estimate of drug-likeness (QED) is 0.478. The van der Waals surface area contributed by atoms with Gasteiger partial charge in [0, 0.05) is 0 Å². The molecular weight excluding hydrogens is 259 g/mol. The summed E-state index contributed by atoms with van der Waals surface area (Å²) in [6, 6.07) is 0. The van der Waals surface area contributed by atoms with E-state index in [2.05, 4.69) is 6.92 Å². The monoisotopic (exact) mass is 296 g/mol. The van der Waals surface area contributed by atoms with Crippen LogP contribution in [0.15, 0.2) is 0 Å². The van der Waals surface area contributed by atoms with Gasteiger partial charge in [-0.25, -0.2) is 4.39 Å². The maximum Gasteiger partial charge on any atom is 0.0999 e. The summed E-state index contributed by atoms with van der Waals surface area (Å²) in [6.45, 7) is 4.30. The summed E-state index contributed by atoms with van der Waals surface area (Å²) in [4.78, 5) is 0. The van der Waals surface area contributed by atoms with Gasteiger partial charge in [-0.1, -0.05) is 52.4 Å². The predicted molar refractivity (Wildman–Crippen MR) is 90.2 cm³/mol. The number of hydrogen-bond acceptors (Lipinski definition) is 0. The van der Waals surface area contributed by atoms with Gasteiger partial charge >= 0.3 is 0 Å². The van der Waals surface area contributed by atoms with E-state index in [1.165, 1.54) is 64.2 Å². The van der Waals surface area contributed by atoms with Crippen molar-refractivity contribution in [3.05, 3.63) is 0 Å². The summed E-state index contributed by atoms with van der Waals surface area (Å²) in [5, 5.41) is 0. The molecule has 0 amide bonds. The van der Waals surface area contributed by atoms with E-state index in [9.17, 15) is 4.39 Å². The SMILES string of the molecule is CCCC1CCC(C2CCC(CCC(F)CC)CC2)CC1. The van der Waals surface area contributed by atoms with E-state index >= 15 is 0 Å². The summed E-state index contributed by atoms with van der Waals surface area (Å²) in [5.74, 6) is 3.92. The molecule has 0 radical (unpaired) electrons. The highest BCUT2D eigenvalue weighted by molar-refractivity contribution is 4.82. The Balaban J connectivity index is 1.63. The Morgan fingerprint density at radius 1 is 0.762 bits per heavy atom. The number of halogens is 1. The second kappa shape index (κ2) is 9.16. The largest absolute Gasteiger partial charge is 0.248 e. The zero-order valence-electron chi connectivity index (χ0n) is 14.5. The van der Waals surface area contributed by atoms with Crippen LogP contribution >= 0.6 is 0 Å². The van der Waals surface area contributed by atoms with Crippen LogP contribution < -0.4 is 0 Å². The Hall–Kier alpha value is -0.0700. The van der Waals surface area contributed by atoms with Crippen molar-refractivity contribution < 1.29 is 4.39 Å². The Morgan fingerprint density at radius 3 is 1.67 bits per heavy atom. The first-order chi connectivity index (χ1) is 10.2. The molecule has 2 rings (SSSR count). The number of hydrogen-bond donors (Lipinski definition) is 0. The fraction of sp³-hybridized carbons (Fsp3) is 1.00. The summed E-state index contributed by atoms with van der Waals surface area (Å²) >= 11 is 0. The molecule has 0 aromatic carbocycles. The van der Waals surface area contributed by atoms with Crippen molar-refractivity contribution in [1.82, 2.24) is 0 Å². The third-order valence-corrected chi connectivity index (χ3v) is 6.48. The Morgan fingerprint density at radius 2 is 1.24 bits per heavy atom. The highest BCUT2D eigenvalue weighted by Gasteiger charge is 2.30. The molecule has 0 aliphatic heterocycles. The molecule has 1 unspecified atom stereocenters. The highest BCUT2D eigenvalue weighted by atomic mass is 19.1. The molecule has 21 heavy (non-hydrogen) atoms. The van der Waals surface area contributed by atoms with Crippen molar-refractivity contribution >= 4 is 0 Å². The van der Waals surface area contributed by atoms with Crippen molar-refractivity contribution in [3.63, 3.8) is 0 Å². The van der Waals surface area contributed by atoms with Gasteiger partial charge in [-0.2, -0.15) is 0 Å². The van der Waals surface area contributed by atoms with Crippen molar-refractivity contribution in [1.29, 1.82) is 0 Å². The fourth-order valence-electron chi connectivity index (χ4n) is 4.93. The molecule has 0 aromatic rings. The lowest BCUT2D eigenvalue weighted by molar-refractivity contribution is 0.136. The molecule has 2 aliphatic carbocycles. The van der Waals surface area contributed by atoms with E-state index in [-0.39, 0.29) is 0 Å². The molecule has 0 saturated heterocycles. The van der Waals surface area contributed by atoms with Gasteiger partial charge in [-0.05, 0) is 68.6 Å². The zero-order chi connectivity index (χ0) is 15.1. The molecule has 0 heterocycles. The van der Waals surface area contributed by atoms with Gasteiger partial charge in [0.15, 0.2) is 0 Å². The van der Waals surface area contributed by atoms with E-state index in [0.29, 0.717) is 6.42 Å². The molecule has 0 spiro atoms. The third-order valence-electron chi connectivity index (χ3n) is 6.48. The maximum absolute atomic E-state index is 13.4. The van der Waals surface area contributed by atoms with E-state index in [0.717, 1.165) is 36.5 Å². The highest BCUT2D eigenvalue weighted by Crippen LogP contribution is 2.43. The topological polar surface area (TPSA) is 0 Å². The molecule has 1 atom stereocenters. The average molecular weight is 297 g/mol. The summed E-state index contributed by atoms with van der Waals surface area (Å²) in [7, 11) is 0. The number of alkyl halides is 1. The first kappa shape index (κ1) is 17.3. The van der Waals surface area contributed by atoms with E-state index in [4.69, 9.17) is 0 Å². The van der Waals surface area contributed by atoms with Gasteiger partial charge in [0.25, 0.3) is 0 Å². The van der Waals surface area contributed by atoms with Crippen molar-refractivity contribution in [3.8, 4) is 0 Å². The van der Waals surface area contributed by atoms with Gasteiger partial charge in [-0.15, -0.1) is 0 Å². The van der Waals surface area contributed by atoms with Gasteiger partial charge < -0.3 is 0 Å². The molecule has 0 N–H and O–H groups in total. The van der Waals surface area contributed by atoms with E-state index in [1.807, 2.05) is 6.92 Å². The van der Waals surface area contributed by atoms with Gasteiger partial charge in [0.2, 0.25) is 0 Å². The molecule has 0 bridgehead atoms. The van der Waals surface area contributed by atoms with Crippen LogP contribution in [-0.4, -0.2) is 6.17 Å². The standard InChI is InChI=1S/C20H37F/c1-3-5-16-6-11-18(12-7-16)19-13-8-17(9-14-19)10-15-20(21)4-2/h16-20H,3-15H2,1-2H3. The van der Waals surface area contributed by atoms with Crippen LogP contribution in [0.3, 0.4) is 0 Å². The molecule has 1 heteroatoms. The molecule has 0 aromatic heterocycles. The smallest absolute Gasteiger partial charge is 0.0999 e. The van der Waals surface area contributed by atoms with Crippen LogP contribution in [0.2, 0.25) is 0 Å². The first-order valence-electron chi connectivity index (χ1n) is 9.86. The fourth-order valence-corrected chi connectivity index (χ4v) is 4.93. The van der Waals surface area contributed by atoms with E-state index in [1.54, 1.807) is 0 Å². The molecule has 0 nitrogen and oxygen atoms in total. The minimum absolute atomic E-state index is 0.545. The Labute approximate surface area is 132 Å². The molecule has 124 valence electrons. The second-order valence-electron chi connectivity index (χ2n) is 7.93. The van der Waals surface area contributed by atoms with Crippen LogP contribution in [0.5, 0.6) is 0 Å². The lowest BCUT2D eigenvalue weighted by Gasteiger charge is -2.38. The third kappa shape index (κ3) is 5.57. The van der Waals surface area contributed by atoms with Crippen LogP contribution in [0.1, 0.15) is 97.3 Å². The molecule has 2 aliphatic rings. The van der Waals surface area contributed by atoms with Crippen molar-refractivity contribution in [2.75, 3.05) is 0 Å². The van der Waals surface area contributed by atoms with E-state index < -0.39 is 6.17 Å². The molecule has 2 saturated carbocycles. The first-order valence-corrected chi connectivity index (χ1v) is 9.86. The van der Waals surface area contributed by atoms with Crippen LogP contribution in [0, 0.1) is 23.7 Å². The lowest BCUT2D eigenvalue weighted by Crippen LogP contribution is -2.26. The lowest BCUT2D eigenvalue weighted by atomic mass is 9.68. The van der Waals surface area contributed by atoms with Crippen molar-refractivity contribution in [2.24, 2.45) is 23.7 Å². The summed E-state index contributed by atoms with van der Waals surface area (Å²) in [6.07, 6.45) is 16.6. The predicted octanol–water partition coefficient (Wildman–Crippen LogP) is 6.93. The molecule has 2 fully saturated rings. The van der Waals surface area contributed by atoms with Crippen LogP contribution in [0.25, 0.3) is 0 Å². The van der Waals surface area contributed by atoms with Gasteiger partial charge in [0.1, 0.15) is 0 Å². The van der Waals surface area contributed by atoms with Gasteiger partial charge in [-0.3, -0.25) is 0 Å². The summed E-state index contributed by atoms with van der Waals surface area (Å²) in [5.41, 5.74) is 0. The Kier molecular flexibility index (Phi) is 7.54. The second-order valence-corrected chi connectivity index (χ2v) is 7.93. The van der Waals surface area contributed by atoms with Gasteiger partial charge in [0.05, 0.1) is 6.17 Å². The number of rotatable bonds is 7. The maximum atomic E-state index is 13.4. The van der Waals surface area contributed by atoms with Crippen molar-refractivity contribution in [2.45, 2.75) is 103 Å². The average Bonchev–Trinajstić information content (AvgIpc) is 2.54. The van der Waals surface area contributed by atoms with Crippen LogP contribution in [-0.2, 0) is 0 Å². The summed E-state index contributed by atoms with van der Waals surface area (Å²) < 4.78 is 13.4. The minimum atomic E-state index is -0.545. The minimum Gasteiger partial charge on any atom is -0.248 e. The molecular formula is C20H37F.